The molecule has 0 aliphatic rings. The molecule has 0 amide bonds. The highest BCUT2D eigenvalue weighted by molar-refractivity contribution is 7.53. The maximum absolute atomic E-state index is 11.8. The van der Waals surface area contributed by atoms with E-state index < -0.39 is 12.9 Å². The van der Waals surface area contributed by atoms with Crippen LogP contribution < -0.4 is 0 Å². The van der Waals surface area contributed by atoms with Gasteiger partial charge in [-0.05, 0) is 57.8 Å². The Morgan fingerprint density at radius 1 is 0.733 bits per heavy atom. The predicted molar refractivity (Wildman–Crippen MR) is 128 cm³/mol. The van der Waals surface area contributed by atoms with Gasteiger partial charge in [-0.15, -0.1) is 0 Å². The van der Waals surface area contributed by atoms with E-state index >= 15 is 0 Å². The molecule has 0 spiro atoms. The zero-order valence-electron chi connectivity index (χ0n) is 20.1. The van der Waals surface area contributed by atoms with Gasteiger partial charge in [0.25, 0.3) is 0 Å². The van der Waals surface area contributed by atoms with Crippen molar-refractivity contribution in [2.75, 3.05) is 27.7 Å². The third kappa shape index (κ3) is 16.3. The van der Waals surface area contributed by atoms with E-state index in [4.69, 9.17) is 0 Å². The van der Waals surface area contributed by atoms with Gasteiger partial charge in [0.05, 0.1) is 21.1 Å². The standard InChI is InChI=1S/C24H48NO4P/c1-5-6-7-8-9-10-11-12-13-14-15-16-17-18-19-20-21-22-24(26,30(27,28)29)23-25(2,3)4/h9-10,14-15,26H,5-8,11-13,16-23H2,1-4H3,(H-,27,28,29)/p+1/b10-9-,15-14-. The second kappa shape index (κ2) is 16.2. The van der Waals surface area contributed by atoms with Crippen LogP contribution in [0.1, 0.15) is 96.8 Å². The van der Waals surface area contributed by atoms with Crippen LogP contribution in [0.15, 0.2) is 24.3 Å². The molecule has 6 heteroatoms. The second-order valence-corrected chi connectivity index (χ2v) is 11.6. The lowest BCUT2D eigenvalue weighted by atomic mass is 10.1. The quantitative estimate of drug-likeness (QED) is 0.0962. The van der Waals surface area contributed by atoms with E-state index in [1.54, 1.807) is 0 Å². The van der Waals surface area contributed by atoms with Gasteiger partial charge in [-0.1, -0.05) is 63.3 Å². The third-order valence-electron chi connectivity index (χ3n) is 5.27. The molecule has 0 fully saturated rings. The first-order valence-electron chi connectivity index (χ1n) is 11.9. The summed E-state index contributed by atoms with van der Waals surface area (Å²) in [5.41, 5.74) is 0. The Morgan fingerprint density at radius 2 is 1.17 bits per heavy atom. The lowest BCUT2D eigenvalue weighted by Crippen LogP contribution is -2.49. The number of nitrogens with zero attached hydrogens (tertiary/aromatic N) is 1. The van der Waals surface area contributed by atoms with Crippen molar-refractivity contribution in [3.8, 4) is 0 Å². The van der Waals surface area contributed by atoms with Crippen molar-refractivity contribution in [2.45, 2.75) is 102 Å². The minimum Gasteiger partial charge on any atom is -0.373 e. The topological polar surface area (TPSA) is 77.8 Å². The molecular formula is C24H49NO4P+. The molecule has 0 heterocycles. The maximum atomic E-state index is 11.8. The normalized spacial score (nSPS) is 15.3. The monoisotopic (exact) mass is 446 g/mol. The van der Waals surface area contributed by atoms with Crippen LogP contribution >= 0.6 is 7.60 Å². The van der Waals surface area contributed by atoms with Gasteiger partial charge in [-0.3, -0.25) is 4.57 Å². The molecule has 3 N–H and O–H groups in total. The SMILES string of the molecule is CCCCC/C=C\CCC/C=C\CCCCCCCC(O)(C[N+](C)(C)C)P(=O)(O)O. The van der Waals surface area contributed by atoms with Crippen molar-refractivity contribution in [3.05, 3.63) is 24.3 Å². The maximum Gasteiger partial charge on any atom is 0.362 e. The first kappa shape index (κ1) is 29.5. The van der Waals surface area contributed by atoms with Crippen LogP contribution in [-0.4, -0.2) is 52.4 Å². The van der Waals surface area contributed by atoms with E-state index in [2.05, 4.69) is 31.2 Å². The minimum absolute atomic E-state index is 0.0523. The summed E-state index contributed by atoms with van der Waals surface area (Å²) in [6.45, 7) is 2.29. The Morgan fingerprint density at radius 3 is 1.63 bits per heavy atom. The molecule has 5 nitrogen and oxygen atoms in total. The molecule has 178 valence electrons. The van der Waals surface area contributed by atoms with E-state index in [1.165, 1.54) is 38.5 Å². The number of likely N-dealkylation sites (N-methyl/N-ethyl adjacent to an activating group) is 1. The molecule has 1 atom stereocenters. The number of allylic oxidation sites excluding steroid dienone is 4. The Hall–Kier alpha value is -0.450. The third-order valence-corrected chi connectivity index (χ3v) is 6.72. The van der Waals surface area contributed by atoms with Crippen molar-refractivity contribution in [2.24, 2.45) is 0 Å². The molecule has 0 bridgehead atoms. The molecule has 30 heavy (non-hydrogen) atoms. The summed E-state index contributed by atoms with van der Waals surface area (Å²) in [5, 5.41) is 8.60. The number of hydrogen-bond acceptors (Lipinski definition) is 2. The van der Waals surface area contributed by atoms with Crippen LogP contribution in [0.3, 0.4) is 0 Å². The Bertz CT molecular complexity index is 522. The fourth-order valence-electron chi connectivity index (χ4n) is 3.61. The van der Waals surface area contributed by atoms with Gasteiger partial charge in [0.15, 0.2) is 0 Å². The van der Waals surface area contributed by atoms with Crippen molar-refractivity contribution in [1.29, 1.82) is 0 Å². The summed E-state index contributed by atoms with van der Waals surface area (Å²) < 4.78 is 12.1. The Balaban J connectivity index is 3.75. The van der Waals surface area contributed by atoms with Crippen LogP contribution in [0.5, 0.6) is 0 Å². The summed E-state index contributed by atoms with van der Waals surface area (Å²) in [7, 11) is 0.950. The molecule has 1 unspecified atom stereocenters. The van der Waals surface area contributed by atoms with E-state index in [-0.39, 0.29) is 13.0 Å². The first-order chi connectivity index (χ1) is 14.0. The summed E-state index contributed by atoms with van der Waals surface area (Å²) >= 11 is 0. The van der Waals surface area contributed by atoms with Crippen LogP contribution in [0, 0.1) is 0 Å². The molecule has 0 radical (unpaired) electrons. The number of quaternary nitrogens is 1. The molecule has 0 aromatic heterocycles. The summed E-state index contributed by atoms with van der Waals surface area (Å²) in [6.07, 6.45) is 24.0. The fourth-order valence-corrected chi connectivity index (χ4v) is 4.67. The highest BCUT2D eigenvalue weighted by atomic mass is 31.2. The minimum atomic E-state index is -4.55. The highest BCUT2D eigenvalue weighted by Crippen LogP contribution is 2.52. The smallest absolute Gasteiger partial charge is 0.362 e. The van der Waals surface area contributed by atoms with Gasteiger partial charge < -0.3 is 19.4 Å². The van der Waals surface area contributed by atoms with Gasteiger partial charge in [-0.25, -0.2) is 0 Å². The summed E-state index contributed by atoms with van der Waals surface area (Å²) in [4.78, 5) is 19.1. The predicted octanol–water partition coefficient (Wildman–Crippen LogP) is 6.15. The highest BCUT2D eigenvalue weighted by Gasteiger charge is 2.48. The average molecular weight is 447 g/mol. The van der Waals surface area contributed by atoms with Gasteiger partial charge in [0.2, 0.25) is 5.34 Å². The fraction of sp³-hybridized carbons (Fsp3) is 0.833. The summed E-state index contributed by atoms with van der Waals surface area (Å²) in [5.74, 6) is 0. The Kier molecular flexibility index (Phi) is 16.0. The molecule has 0 saturated carbocycles. The molecule has 0 aromatic carbocycles. The summed E-state index contributed by atoms with van der Waals surface area (Å²) in [6, 6.07) is 0. The first-order valence-corrected chi connectivity index (χ1v) is 13.5. The van der Waals surface area contributed by atoms with Crippen LogP contribution in [0.4, 0.5) is 0 Å². The molecule has 0 rings (SSSR count). The lowest BCUT2D eigenvalue weighted by molar-refractivity contribution is -0.875. The van der Waals surface area contributed by atoms with E-state index in [0.29, 0.717) is 10.9 Å². The molecule has 0 saturated heterocycles. The number of rotatable bonds is 19. The van der Waals surface area contributed by atoms with Crippen molar-refractivity contribution >= 4 is 7.60 Å². The van der Waals surface area contributed by atoms with Gasteiger partial charge in [0, 0.05) is 0 Å². The Labute approximate surface area is 186 Å². The van der Waals surface area contributed by atoms with Gasteiger partial charge in [0.1, 0.15) is 6.54 Å². The van der Waals surface area contributed by atoms with Gasteiger partial charge >= 0.3 is 7.60 Å². The van der Waals surface area contributed by atoms with Crippen LogP contribution in [-0.2, 0) is 4.57 Å². The molecule has 0 aliphatic carbocycles. The number of hydrogen-bond donors (Lipinski definition) is 3. The number of aliphatic hydroxyl groups is 1. The van der Waals surface area contributed by atoms with Gasteiger partial charge in [-0.2, -0.15) is 0 Å². The van der Waals surface area contributed by atoms with Crippen molar-refractivity contribution in [1.82, 2.24) is 0 Å². The van der Waals surface area contributed by atoms with Crippen LogP contribution in [0.25, 0.3) is 0 Å². The largest absolute Gasteiger partial charge is 0.373 e. The van der Waals surface area contributed by atoms with Crippen molar-refractivity contribution in [3.63, 3.8) is 0 Å². The van der Waals surface area contributed by atoms with E-state index in [0.717, 1.165) is 38.5 Å². The molecule has 0 aliphatic heterocycles. The number of unbranched alkanes of at least 4 members (excludes halogenated alkanes) is 10. The zero-order valence-corrected chi connectivity index (χ0v) is 21.0. The average Bonchev–Trinajstić information content (AvgIpc) is 2.62. The van der Waals surface area contributed by atoms with E-state index in [9.17, 15) is 19.5 Å². The van der Waals surface area contributed by atoms with Crippen molar-refractivity contribution < 1.29 is 23.9 Å². The van der Waals surface area contributed by atoms with E-state index in [1.807, 2.05) is 21.1 Å². The zero-order chi connectivity index (χ0) is 22.9. The molecular weight excluding hydrogens is 397 g/mol. The lowest BCUT2D eigenvalue weighted by Gasteiger charge is -2.35. The van der Waals surface area contributed by atoms with Crippen LogP contribution in [0.2, 0.25) is 0 Å². The second-order valence-electron chi connectivity index (χ2n) is 9.65. The molecule has 0 aromatic rings.